The maximum absolute atomic E-state index is 12.3. The van der Waals surface area contributed by atoms with Crippen molar-refractivity contribution in [2.45, 2.75) is 46.6 Å². The summed E-state index contributed by atoms with van der Waals surface area (Å²) < 4.78 is 7.22. The van der Waals surface area contributed by atoms with E-state index in [1.165, 1.54) is 0 Å². The van der Waals surface area contributed by atoms with Gasteiger partial charge in [-0.15, -0.1) is 0 Å². The van der Waals surface area contributed by atoms with Gasteiger partial charge in [-0.25, -0.2) is 0 Å². The van der Waals surface area contributed by atoms with E-state index in [1.54, 1.807) is 12.3 Å². The van der Waals surface area contributed by atoms with Crippen molar-refractivity contribution in [2.75, 3.05) is 0 Å². The molecular weight excluding hydrogens is 240 g/mol. The van der Waals surface area contributed by atoms with Crippen LogP contribution in [0.4, 0.5) is 0 Å². The van der Waals surface area contributed by atoms with Crippen LogP contribution in [0, 0.1) is 0 Å². The Balaban J connectivity index is 2.21. The zero-order chi connectivity index (χ0) is 13.8. The van der Waals surface area contributed by atoms with Crippen LogP contribution in [0.15, 0.2) is 22.8 Å². The summed E-state index contributed by atoms with van der Waals surface area (Å²) >= 11 is 0. The third-order valence-electron chi connectivity index (χ3n) is 3.28. The van der Waals surface area contributed by atoms with Gasteiger partial charge in [0.15, 0.2) is 5.78 Å². The van der Waals surface area contributed by atoms with E-state index < -0.39 is 0 Å². The molecule has 0 aromatic carbocycles. The van der Waals surface area contributed by atoms with Gasteiger partial charge in [0.05, 0.1) is 23.9 Å². The molecule has 0 radical (unpaired) electrons. The van der Waals surface area contributed by atoms with E-state index in [0.717, 1.165) is 36.5 Å². The molecule has 0 atom stereocenters. The van der Waals surface area contributed by atoms with Crippen molar-refractivity contribution in [3.63, 3.8) is 0 Å². The first-order chi connectivity index (χ1) is 9.19. The van der Waals surface area contributed by atoms with E-state index in [4.69, 9.17) is 4.42 Å². The monoisotopic (exact) mass is 260 g/mol. The molecule has 0 aliphatic heterocycles. The minimum Gasteiger partial charge on any atom is -0.469 e. The lowest BCUT2D eigenvalue weighted by Gasteiger charge is -2.03. The largest absolute Gasteiger partial charge is 0.469 e. The average molecular weight is 260 g/mol. The van der Waals surface area contributed by atoms with Gasteiger partial charge in [-0.3, -0.25) is 9.48 Å². The second kappa shape index (κ2) is 5.87. The Kier molecular flexibility index (Phi) is 4.20. The summed E-state index contributed by atoms with van der Waals surface area (Å²) in [7, 11) is 0. The maximum atomic E-state index is 12.3. The second-order valence-electron chi connectivity index (χ2n) is 4.51. The molecule has 0 unspecified atom stereocenters. The predicted molar refractivity (Wildman–Crippen MR) is 73.4 cm³/mol. The van der Waals surface area contributed by atoms with Crippen molar-refractivity contribution in [2.24, 2.45) is 0 Å². The van der Waals surface area contributed by atoms with Crippen molar-refractivity contribution in [3.8, 4) is 0 Å². The molecule has 0 N–H and O–H groups in total. The van der Waals surface area contributed by atoms with Gasteiger partial charge in [-0.05, 0) is 25.5 Å². The van der Waals surface area contributed by atoms with E-state index in [1.807, 2.05) is 24.6 Å². The molecule has 4 heteroatoms. The van der Waals surface area contributed by atoms with Crippen LogP contribution in [0.3, 0.4) is 0 Å². The van der Waals surface area contributed by atoms with Crippen molar-refractivity contribution in [1.82, 2.24) is 9.78 Å². The number of rotatable bonds is 6. The molecule has 0 amide bonds. The molecule has 0 aliphatic carbocycles. The van der Waals surface area contributed by atoms with Crippen LogP contribution in [0.25, 0.3) is 0 Å². The van der Waals surface area contributed by atoms with Crippen molar-refractivity contribution >= 4 is 5.78 Å². The minimum absolute atomic E-state index is 0.0999. The highest BCUT2D eigenvalue weighted by molar-refractivity contribution is 5.98. The standard InChI is InChI=1S/C15H20N2O2/c1-4-11-9-12(17(6-3)16-11)10-14(18)13-7-8-19-15(13)5-2/h7-9H,4-6,10H2,1-3H3. The number of carbonyl (C=O) groups excluding carboxylic acids is 1. The number of nitrogens with zero attached hydrogens (tertiary/aromatic N) is 2. The Morgan fingerprint density at radius 1 is 1.32 bits per heavy atom. The first-order valence-corrected chi connectivity index (χ1v) is 6.84. The van der Waals surface area contributed by atoms with Gasteiger partial charge in [0, 0.05) is 18.7 Å². The van der Waals surface area contributed by atoms with Crippen LogP contribution < -0.4 is 0 Å². The van der Waals surface area contributed by atoms with Crippen LogP contribution in [0.5, 0.6) is 0 Å². The van der Waals surface area contributed by atoms with E-state index in [0.29, 0.717) is 12.0 Å². The lowest BCUT2D eigenvalue weighted by Crippen LogP contribution is -2.10. The Bertz CT molecular complexity index is 566. The van der Waals surface area contributed by atoms with Crippen LogP contribution in [-0.2, 0) is 25.8 Å². The predicted octanol–water partition coefficient (Wildman–Crippen LogP) is 3.05. The summed E-state index contributed by atoms with van der Waals surface area (Å²) in [5.41, 5.74) is 2.71. The molecule has 0 aliphatic rings. The summed E-state index contributed by atoms with van der Waals surface area (Å²) in [5.74, 6) is 0.867. The van der Waals surface area contributed by atoms with Crippen LogP contribution in [0.1, 0.15) is 48.3 Å². The summed E-state index contributed by atoms with van der Waals surface area (Å²) in [4.78, 5) is 12.3. The van der Waals surface area contributed by atoms with Gasteiger partial charge in [-0.2, -0.15) is 5.10 Å². The summed E-state index contributed by atoms with van der Waals surface area (Å²) in [6, 6.07) is 3.78. The maximum Gasteiger partial charge on any atom is 0.172 e. The average Bonchev–Trinajstić information content (AvgIpc) is 3.04. The number of Topliss-reactive ketones (excluding diaryl/α,β-unsaturated/α-hetero) is 1. The molecule has 0 bridgehead atoms. The molecule has 0 saturated carbocycles. The Morgan fingerprint density at radius 2 is 2.11 bits per heavy atom. The molecule has 0 spiro atoms. The van der Waals surface area contributed by atoms with E-state index in [2.05, 4.69) is 12.0 Å². The Morgan fingerprint density at radius 3 is 2.74 bits per heavy atom. The van der Waals surface area contributed by atoms with Gasteiger partial charge < -0.3 is 4.42 Å². The molecule has 0 saturated heterocycles. The number of hydrogen-bond acceptors (Lipinski definition) is 3. The normalized spacial score (nSPS) is 10.9. The quantitative estimate of drug-likeness (QED) is 0.750. The third-order valence-corrected chi connectivity index (χ3v) is 3.28. The number of aryl methyl sites for hydroxylation is 3. The molecule has 4 nitrogen and oxygen atoms in total. The van der Waals surface area contributed by atoms with Gasteiger partial charge >= 0.3 is 0 Å². The molecule has 2 heterocycles. The van der Waals surface area contributed by atoms with Crippen molar-refractivity contribution in [1.29, 1.82) is 0 Å². The highest BCUT2D eigenvalue weighted by Gasteiger charge is 2.16. The van der Waals surface area contributed by atoms with Gasteiger partial charge in [0.25, 0.3) is 0 Å². The number of furan rings is 1. The minimum atomic E-state index is 0.0999. The Labute approximate surface area is 113 Å². The number of aromatic nitrogens is 2. The summed E-state index contributed by atoms with van der Waals surface area (Å²) in [5, 5.41) is 4.47. The first kappa shape index (κ1) is 13.6. The topological polar surface area (TPSA) is 48.0 Å². The first-order valence-electron chi connectivity index (χ1n) is 6.84. The zero-order valence-electron chi connectivity index (χ0n) is 11.8. The zero-order valence-corrected chi connectivity index (χ0v) is 11.8. The Hall–Kier alpha value is -1.84. The fourth-order valence-corrected chi connectivity index (χ4v) is 2.23. The molecule has 102 valence electrons. The highest BCUT2D eigenvalue weighted by atomic mass is 16.3. The molecule has 19 heavy (non-hydrogen) atoms. The summed E-state index contributed by atoms with van der Waals surface area (Å²) in [6.07, 6.45) is 3.59. The molecule has 2 aromatic rings. The van der Waals surface area contributed by atoms with Gasteiger partial charge in [0.1, 0.15) is 5.76 Å². The molecular formula is C15H20N2O2. The van der Waals surface area contributed by atoms with Crippen LogP contribution >= 0.6 is 0 Å². The smallest absolute Gasteiger partial charge is 0.172 e. The fraction of sp³-hybridized carbons (Fsp3) is 0.467. The van der Waals surface area contributed by atoms with E-state index in [9.17, 15) is 4.79 Å². The summed E-state index contributed by atoms with van der Waals surface area (Å²) in [6.45, 7) is 6.88. The van der Waals surface area contributed by atoms with Gasteiger partial charge in [0.2, 0.25) is 0 Å². The molecule has 2 aromatic heterocycles. The van der Waals surface area contributed by atoms with Gasteiger partial charge in [-0.1, -0.05) is 13.8 Å². The van der Waals surface area contributed by atoms with Crippen molar-refractivity contribution < 1.29 is 9.21 Å². The second-order valence-corrected chi connectivity index (χ2v) is 4.51. The number of hydrogen-bond donors (Lipinski definition) is 0. The molecule has 2 rings (SSSR count). The highest BCUT2D eigenvalue weighted by Crippen LogP contribution is 2.15. The lowest BCUT2D eigenvalue weighted by molar-refractivity contribution is 0.0988. The number of carbonyl (C=O) groups is 1. The lowest BCUT2D eigenvalue weighted by atomic mass is 10.1. The van der Waals surface area contributed by atoms with E-state index in [-0.39, 0.29) is 5.78 Å². The van der Waals surface area contributed by atoms with Crippen molar-refractivity contribution in [3.05, 3.63) is 41.1 Å². The molecule has 0 fully saturated rings. The fourth-order valence-electron chi connectivity index (χ4n) is 2.23. The third kappa shape index (κ3) is 2.78. The van der Waals surface area contributed by atoms with Crippen LogP contribution in [-0.4, -0.2) is 15.6 Å². The number of ketones is 1. The van der Waals surface area contributed by atoms with E-state index >= 15 is 0 Å². The SMILES string of the molecule is CCc1cc(CC(=O)c2ccoc2CC)n(CC)n1. The van der Waals surface area contributed by atoms with Crippen LogP contribution in [0.2, 0.25) is 0 Å².